The van der Waals surface area contributed by atoms with Gasteiger partial charge < -0.3 is 23.7 Å². The summed E-state index contributed by atoms with van der Waals surface area (Å²) in [6, 6.07) is 0. The van der Waals surface area contributed by atoms with E-state index >= 15 is 0 Å². The molecule has 19 heavy (non-hydrogen) atoms. The Labute approximate surface area is 112 Å². The Bertz CT molecular complexity index is 317. The van der Waals surface area contributed by atoms with Crippen LogP contribution in [0.3, 0.4) is 0 Å². The molecule has 0 aromatic heterocycles. The number of esters is 2. The van der Waals surface area contributed by atoms with Gasteiger partial charge in [-0.15, -0.1) is 0 Å². The summed E-state index contributed by atoms with van der Waals surface area (Å²) in [5, 5.41) is 0. The van der Waals surface area contributed by atoms with Crippen LogP contribution in [0.5, 0.6) is 0 Å². The molecule has 7 nitrogen and oxygen atoms in total. The molecular weight excluding hydrogens is 256 g/mol. The maximum Gasteiger partial charge on any atom is 0.303 e. The summed E-state index contributed by atoms with van der Waals surface area (Å²) >= 11 is 0. The van der Waals surface area contributed by atoms with Crippen molar-refractivity contribution in [2.24, 2.45) is 0 Å². The Morgan fingerprint density at radius 3 is 2.16 bits per heavy atom. The van der Waals surface area contributed by atoms with Gasteiger partial charge in [0.15, 0.2) is 12.2 Å². The monoisotopic (exact) mass is 276 g/mol. The standard InChI is InChI=1S/C12H20O7/c1-7(13)18-11-9(16-4)6-17-10(5-15-3)12(11)19-8(2)14/h9-12H,5-6H2,1-4H3/t9-,10-,11-,12-/m0/s1. The van der Waals surface area contributed by atoms with Crippen molar-refractivity contribution in [3.8, 4) is 0 Å². The number of ether oxygens (including phenoxy) is 5. The topological polar surface area (TPSA) is 80.3 Å². The van der Waals surface area contributed by atoms with Crippen LogP contribution < -0.4 is 0 Å². The lowest BCUT2D eigenvalue weighted by molar-refractivity contribution is -0.228. The first-order valence-corrected chi connectivity index (χ1v) is 5.97. The van der Waals surface area contributed by atoms with Gasteiger partial charge in [0.2, 0.25) is 0 Å². The van der Waals surface area contributed by atoms with Crippen LogP contribution in [0, 0.1) is 0 Å². The summed E-state index contributed by atoms with van der Waals surface area (Å²) in [6.07, 6.45) is -2.44. The van der Waals surface area contributed by atoms with Gasteiger partial charge in [-0.25, -0.2) is 0 Å². The SMILES string of the molecule is COC[C@@H]1OC[C@H](OC)[C@H](OC(C)=O)[C@H]1OC(C)=O. The second-order valence-corrected chi connectivity index (χ2v) is 4.25. The van der Waals surface area contributed by atoms with Gasteiger partial charge in [-0.05, 0) is 0 Å². The lowest BCUT2D eigenvalue weighted by Gasteiger charge is -2.40. The van der Waals surface area contributed by atoms with E-state index in [9.17, 15) is 9.59 Å². The van der Waals surface area contributed by atoms with Crippen LogP contribution >= 0.6 is 0 Å². The Morgan fingerprint density at radius 2 is 1.68 bits per heavy atom. The average molecular weight is 276 g/mol. The van der Waals surface area contributed by atoms with Crippen molar-refractivity contribution in [3.63, 3.8) is 0 Å². The molecule has 0 saturated carbocycles. The minimum absolute atomic E-state index is 0.228. The summed E-state index contributed by atoms with van der Waals surface area (Å²) in [5.74, 6) is -0.953. The molecule has 0 aromatic carbocycles. The average Bonchev–Trinajstić information content (AvgIpc) is 2.32. The molecule has 0 aromatic rings. The highest BCUT2D eigenvalue weighted by Gasteiger charge is 2.45. The third kappa shape index (κ3) is 4.45. The van der Waals surface area contributed by atoms with Crippen LogP contribution in [0.2, 0.25) is 0 Å². The normalized spacial score (nSPS) is 30.7. The van der Waals surface area contributed by atoms with E-state index in [1.165, 1.54) is 28.1 Å². The predicted molar refractivity (Wildman–Crippen MR) is 63.5 cm³/mol. The molecule has 0 spiro atoms. The molecule has 1 fully saturated rings. The first-order valence-electron chi connectivity index (χ1n) is 5.97. The van der Waals surface area contributed by atoms with E-state index in [1.807, 2.05) is 0 Å². The third-order valence-corrected chi connectivity index (χ3v) is 2.77. The van der Waals surface area contributed by atoms with Gasteiger partial charge in [0, 0.05) is 28.1 Å². The number of methoxy groups -OCH3 is 2. The van der Waals surface area contributed by atoms with Crippen molar-refractivity contribution in [1.29, 1.82) is 0 Å². The maximum absolute atomic E-state index is 11.2. The van der Waals surface area contributed by atoms with Gasteiger partial charge in [-0.3, -0.25) is 9.59 Å². The molecule has 1 heterocycles. The minimum atomic E-state index is -0.750. The Kier molecular flexibility index (Phi) is 6.20. The van der Waals surface area contributed by atoms with Gasteiger partial charge >= 0.3 is 11.9 Å². The predicted octanol–water partition coefficient (Wildman–Crippen LogP) is -0.0900. The first-order chi connectivity index (χ1) is 8.99. The summed E-state index contributed by atoms with van der Waals surface area (Å²) in [6.45, 7) is 3.04. The first kappa shape index (κ1) is 15.9. The molecule has 0 aliphatic carbocycles. The van der Waals surface area contributed by atoms with Gasteiger partial charge in [0.05, 0.1) is 13.2 Å². The number of carbonyl (C=O) groups excluding carboxylic acids is 2. The molecule has 0 bridgehead atoms. The maximum atomic E-state index is 11.2. The molecular formula is C12H20O7. The van der Waals surface area contributed by atoms with Crippen LogP contribution in [-0.4, -0.2) is 63.8 Å². The van der Waals surface area contributed by atoms with Crippen molar-refractivity contribution < 1.29 is 33.3 Å². The number of hydrogen-bond acceptors (Lipinski definition) is 7. The zero-order valence-electron chi connectivity index (χ0n) is 11.6. The fourth-order valence-electron chi connectivity index (χ4n) is 2.01. The second kappa shape index (κ2) is 7.42. The minimum Gasteiger partial charge on any atom is -0.456 e. The molecule has 0 amide bonds. The summed E-state index contributed by atoms with van der Waals surface area (Å²) in [4.78, 5) is 22.4. The lowest BCUT2D eigenvalue weighted by Crippen LogP contribution is -2.58. The van der Waals surface area contributed by atoms with Gasteiger partial charge in [0.25, 0.3) is 0 Å². The van der Waals surface area contributed by atoms with E-state index in [2.05, 4.69) is 0 Å². The van der Waals surface area contributed by atoms with Crippen LogP contribution in [0.15, 0.2) is 0 Å². The Morgan fingerprint density at radius 1 is 1.11 bits per heavy atom. The van der Waals surface area contributed by atoms with Crippen molar-refractivity contribution in [3.05, 3.63) is 0 Å². The van der Waals surface area contributed by atoms with Crippen molar-refractivity contribution in [1.82, 2.24) is 0 Å². The molecule has 1 rings (SSSR count). The molecule has 7 heteroatoms. The van der Waals surface area contributed by atoms with Crippen LogP contribution in [0.25, 0.3) is 0 Å². The van der Waals surface area contributed by atoms with E-state index < -0.39 is 36.4 Å². The van der Waals surface area contributed by atoms with E-state index in [1.54, 1.807) is 0 Å². The number of rotatable bonds is 5. The fraction of sp³-hybridized carbons (Fsp3) is 0.833. The summed E-state index contributed by atoms with van der Waals surface area (Å²) < 4.78 is 26.2. The highest BCUT2D eigenvalue weighted by molar-refractivity contribution is 5.67. The quantitative estimate of drug-likeness (QED) is 0.649. The molecule has 1 saturated heterocycles. The zero-order valence-corrected chi connectivity index (χ0v) is 11.6. The lowest BCUT2D eigenvalue weighted by atomic mass is 9.99. The summed E-state index contributed by atoms with van der Waals surface area (Å²) in [7, 11) is 2.99. The molecule has 1 aliphatic rings. The number of hydrogen-bond donors (Lipinski definition) is 0. The van der Waals surface area contributed by atoms with Crippen molar-refractivity contribution in [2.75, 3.05) is 27.4 Å². The molecule has 0 N–H and O–H groups in total. The smallest absolute Gasteiger partial charge is 0.303 e. The van der Waals surface area contributed by atoms with Gasteiger partial charge in [0.1, 0.15) is 12.2 Å². The largest absolute Gasteiger partial charge is 0.456 e. The number of carbonyl (C=O) groups is 2. The Hall–Kier alpha value is -1.18. The zero-order chi connectivity index (χ0) is 14.4. The second-order valence-electron chi connectivity index (χ2n) is 4.25. The fourth-order valence-corrected chi connectivity index (χ4v) is 2.01. The molecule has 0 unspecified atom stereocenters. The third-order valence-electron chi connectivity index (χ3n) is 2.77. The molecule has 4 atom stereocenters. The highest BCUT2D eigenvalue weighted by atomic mass is 16.6. The molecule has 110 valence electrons. The molecule has 0 radical (unpaired) electrons. The van der Waals surface area contributed by atoms with Gasteiger partial charge in [-0.1, -0.05) is 0 Å². The van der Waals surface area contributed by atoms with Crippen LogP contribution in [-0.2, 0) is 33.3 Å². The van der Waals surface area contributed by atoms with Crippen LogP contribution in [0.1, 0.15) is 13.8 Å². The van der Waals surface area contributed by atoms with Crippen LogP contribution in [0.4, 0.5) is 0 Å². The Balaban J connectivity index is 2.89. The highest BCUT2D eigenvalue weighted by Crippen LogP contribution is 2.24. The van der Waals surface area contributed by atoms with E-state index in [4.69, 9.17) is 23.7 Å². The van der Waals surface area contributed by atoms with E-state index in [-0.39, 0.29) is 13.2 Å². The molecule has 1 aliphatic heterocycles. The van der Waals surface area contributed by atoms with Crippen molar-refractivity contribution in [2.45, 2.75) is 38.3 Å². The van der Waals surface area contributed by atoms with E-state index in [0.717, 1.165) is 0 Å². The summed E-state index contributed by atoms with van der Waals surface area (Å²) in [5.41, 5.74) is 0. The van der Waals surface area contributed by atoms with E-state index in [0.29, 0.717) is 0 Å². The van der Waals surface area contributed by atoms with Gasteiger partial charge in [-0.2, -0.15) is 0 Å². The van der Waals surface area contributed by atoms with Crippen molar-refractivity contribution >= 4 is 11.9 Å².